The fourth-order valence-corrected chi connectivity index (χ4v) is 2.28. The molecule has 3 heteroatoms. The van der Waals surface area contributed by atoms with Crippen LogP contribution in [0.1, 0.15) is 39.0 Å². The molecule has 0 aromatic heterocycles. The average molecular weight is 239 g/mol. The topological polar surface area (TPSA) is 20.3 Å². The molecule has 0 N–H and O–H groups in total. The van der Waals surface area contributed by atoms with Crippen molar-refractivity contribution in [1.29, 1.82) is 0 Å². The normalized spacial score (nSPS) is 17.3. The Morgan fingerprint density at radius 3 is 2.62 bits per heavy atom. The summed E-state index contributed by atoms with van der Waals surface area (Å²) in [6.45, 7) is 7.64. The van der Waals surface area contributed by atoms with Gasteiger partial charge in [0.2, 0.25) is 5.91 Å². The number of hydrogen-bond donors (Lipinski definition) is 0. The van der Waals surface area contributed by atoms with Gasteiger partial charge in [0.1, 0.15) is 0 Å². The second-order valence-electron chi connectivity index (χ2n) is 4.21. The van der Waals surface area contributed by atoms with Gasteiger partial charge < -0.3 is 4.90 Å². The van der Waals surface area contributed by atoms with E-state index in [4.69, 9.17) is 0 Å². The van der Waals surface area contributed by atoms with Gasteiger partial charge in [0, 0.05) is 19.5 Å². The third kappa shape index (κ3) is 4.88. The Balaban J connectivity index is 2.25. The molecule has 2 nitrogen and oxygen atoms in total. The van der Waals surface area contributed by atoms with Crippen LogP contribution in [0.4, 0.5) is 0 Å². The van der Waals surface area contributed by atoms with Gasteiger partial charge in [0.05, 0.1) is 0 Å². The molecule has 0 unspecified atom stereocenters. The quantitative estimate of drug-likeness (QED) is 0.731. The first-order valence-electron chi connectivity index (χ1n) is 5.94. The summed E-state index contributed by atoms with van der Waals surface area (Å²) < 4.78 is 0. The maximum absolute atomic E-state index is 11.8. The van der Waals surface area contributed by atoms with Gasteiger partial charge in [-0.05, 0) is 43.4 Å². The lowest BCUT2D eigenvalue weighted by atomic mass is 10.1. The zero-order valence-corrected chi connectivity index (χ0v) is 10.9. The summed E-state index contributed by atoms with van der Waals surface area (Å²) in [6, 6.07) is 0. The van der Waals surface area contributed by atoms with E-state index in [0.717, 1.165) is 19.5 Å². The molecule has 0 aromatic rings. The molecule has 0 bridgehead atoms. The van der Waals surface area contributed by atoms with Crippen molar-refractivity contribution in [3.05, 3.63) is 23.0 Å². The Kier molecular flexibility index (Phi) is 6.31. The van der Waals surface area contributed by atoms with Crippen LogP contribution < -0.4 is 0 Å². The van der Waals surface area contributed by atoms with Crippen LogP contribution in [0.3, 0.4) is 0 Å². The number of hydrogen-bond acceptors (Lipinski definition) is 2. The van der Waals surface area contributed by atoms with E-state index in [1.54, 1.807) is 17.2 Å². The van der Waals surface area contributed by atoms with Crippen molar-refractivity contribution in [1.82, 2.24) is 4.90 Å². The SMILES string of the molecule is C=CS/C=C(\C)CCC(=O)N1CCCCC1. The number of amides is 1. The predicted octanol–water partition coefficient (Wildman–Crippen LogP) is 3.56. The first-order chi connectivity index (χ1) is 7.74. The highest BCUT2D eigenvalue weighted by Gasteiger charge is 2.15. The number of allylic oxidation sites excluding steroid dienone is 1. The summed E-state index contributed by atoms with van der Waals surface area (Å²) in [5.74, 6) is 0.316. The molecule has 16 heavy (non-hydrogen) atoms. The van der Waals surface area contributed by atoms with E-state index in [2.05, 4.69) is 18.9 Å². The molecule has 1 aliphatic heterocycles. The van der Waals surface area contributed by atoms with Crippen molar-refractivity contribution in [2.75, 3.05) is 13.1 Å². The molecule has 0 saturated carbocycles. The standard InChI is InChI=1S/C13H21NOS/c1-3-16-11-12(2)7-8-13(15)14-9-5-4-6-10-14/h3,11H,1,4-10H2,2H3/b12-11+. The van der Waals surface area contributed by atoms with Gasteiger partial charge >= 0.3 is 0 Å². The van der Waals surface area contributed by atoms with Gasteiger partial charge in [-0.1, -0.05) is 12.2 Å². The molecule has 1 saturated heterocycles. The van der Waals surface area contributed by atoms with Crippen LogP contribution in [0.25, 0.3) is 0 Å². The lowest BCUT2D eigenvalue weighted by molar-refractivity contribution is -0.132. The van der Waals surface area contributed by atoms with Gasteiger partial charge in [-0.2, -0.15) is 0 Å². The number of carbonyl (C=O) groups is 1. The maximum Gasteiger partial charge on any atom is 0.222 e. The number of likely N-dealkylation sites (tertiary alicyclic amines) is 1. The first kappa shape index (κ1) is 13.4. The molecule has 0 aromatic carbocycles. The highest BCUT2D eigenvalue weighted by molar-refractivity contribution is 8.04. The number of rotatable bonds is 5. The Bertz CT molecular complexity index is 267. The predicted molar refractivity (Wildman–Crippen MR) is 71.2 cm³/mol. The van der Waals surface area contributed by atoms with Crippen LogP contribution in [0.5, 0.6) is 0 Å². The van der Waals surface area contributed by atoms with Gasteiger partial charge in [0.15, 0.2) is 0 Å². The Hall–Kier alpha value is -0.700. The van der Waals surface area contributed by atoms with Crippen molar-refractivity contribution in [3.63, 3.8) is 0 Å². The minimum Gasteiger partial charge on any atom is -0.343 e. The number of thioether (sulfide) groups is 1. The van der Waals surface area contributed by atoms with Gasteiger partial charge in [-0.3, -0.25) is 4.79 Å². The fraction of sp³-hybridized carbons (Fsp3) is 0.615. The van der Waals surface area contributed by atoms with Crippen molar-refractivity contribution < 1.29 is 4.79 Å². The third-order valence-electron chi connectivity index (χ3n) is 2.81. The molecular formula is C13H21NOS. The van der Waals surface area contributed by atoms with Gasteiger partial charge in [0.25, 0.3) is 0 Å². The van der Waals surface area contributed by atoms with E-state index >= 15 is 0 Å². The van der Waals surface area contributed by atoms with Crippen LogP contribution in [-0.2, 0) is 4.79 Å². The average Bonchev–Trinajstić information content (AvgIpc) is 2.34. The van der Waals surface area contributed by atoms with Crippen LogP contribution >= 0.6 is 11.8 Å². The smallest absolute Gasteiger partial charge is 0.222 e. The second-order valence-corrected chi connectivity index (χ2v) is 5.05. The molecule has 0 aliphatic carbocycles. The fourth-order valence-electron chi connectivity index (χ4n) is 1.83. The molecule has 0 spiro atoms. The largest absolute Gasteiger partial charge is 0.343 e. The van der Waals surface area contributed by atoms with E-state index in [9.17, 15) is 4.79 Å². The van der Waals surface area contributed by atoms with Crippen LogP contribution in [-0.4, -0.2) is 23.9 Å². The minimum atomic E-state index is 0.316. The summed E-state index contributed by atoms with van der Waals surface area (Å²) in [5, 5.41) is 3.87. The number of nitrogens with zero attached hydrogens (tertiary/aromatic N) is 1. The monoisotopic (exact) mass is 239 g/mol. The van der Waals surface area contributed by atoms with Crippen molar-refractivity contribution >= 4 is 17.7 Å². The summed E-state index contributed by atoms with van der Waals surface area (Å²) in [6.07, 6.45) is 5.15. The lowest BCUT2D eigenvalue weighted by Gasteiger charge is -2.26. The second kappa shape index (κ2) is 7.55. The van der Waals surface area contributed by atoms with E-state index in [1.165, 1.54) is 24.8 Å². The van der Waals surface area contributed by atoms with Crippen molar-refractivity contribution in [2.24, 2.45) is 0 Å². The summed E-state index contributed by atoms with van der Waals surface area (Å²) in [7, 11) is 0. The van der Waals surface area contributed by atoms with Crippen molar-refractivity contribution in [2.45, 2.75) is 39.0 Å². The highest BCUT2D eigenvalue weighted by Crippen LogP contribution is 2.15. The number of piperidine rings is 1. The third-order valence-corrected chi connectivity index (χ3v) is 3.54. The van der Waals surface area contributed by atoms with Crippen molar-refractivity contribution in [3.8, 4) is 0 Å². The minimum absolute atomic E-state index is 0.316. The van der Waals surface area contributed by atoms with E-state index < -0.39 is 0 Å². The molecule has 0 radical (unpaired) electrons. The van der Waals surface area contributed by atoms with Gasteiger partial charge in [-0.25, -0.2) is 0 Å². The lowest BCUT2D eigenvalue weighted by Crippen LogP contribution is -2.35. The molecule has 1 aliphatic rings. The Morgan fingerprint density at radius 2 is 2.00 bits per heavy atom. The molecule has 1 rings (SSSR count). The number of carbonyl (C=O) groups excluding carboxylic acids is 1. The first-order valence-corrected chi connectivity index (χ1v) is 6.88. The van der Waals surface area contributed by atoms with E-state index in [-0.39, 0.29) is 0 Å². The summed E-state index contributed by atoms with van der Waals surface area (Å²) in [4.78, 5) is 13.9. The Morgan fingerprint density at radius 1 is 1.31 bits per heavy atom. The van der Waals surface area contributed by atoms with Crippen LogP contribution in [0, 0.1) is 0 Å². The molecule has 1 fully saturated rings. The van der Waals surface area contributed by atoms with Crippen LogP contribution in [0.15, 0.2) is 23.0 Å². The summed E-state index contributed by atoms with van der Waals surface area (Å²) in [5.41, 5.74) is 1.26. The molecular weight excluding hydrogens is 218 g/mol. The zero-order chi connectivity index (χ0) is 11.8. The van der Waals surface area contributed by atoms with Crippen LogP contribution in [0.2, 0.25) is 0 Å². The molecule has 0 atom stereocenters. The highest BCUT2D eigenvalue weighted by atomic mass is 32.2. The molecule has 90 valence electrons. The Labute approximate surface area is 103 Å². The van der Waals surface area contributed by atoms with Gasteiger partial charge in [-0.15, -0.1) is 11.8 Å². The molecule has 1 amide bonds. The molecule has 1 heterocycles. The van der Waals surface area contributed by atoms with E-state index in [1.807, 2.05) is 4.90 Å². The van der Waals surface area contributed by atoms with E-state index in [0.29, 0.717) is 12.3 Å². The zero-order valence-electron chi connectivity index (χ0n) is 10.1. The maximum atomic E-state index is 11.8. The summed E-state index contributed by atoms with van der Waals surface area (Å²) >= 11 is 1.58.